The molecule has 0 unspecified atom stereocenters. The minimum atomic E-state index is -3.71. The van der Waals surface area contributed by atoms with E-state index < -0.39 is 10.0 Å². The van der Waals surface area contributed by atoms with Gasteiger partial charge in [-0.25, -0.2) is 17.5 Å². The summed E-state index contributed by atoms with van der Waals surface area (Å²) in [6.45, 7) is 2.31. The second kappa shape index (κ2) is 6.93. The number of hydrogen-bond acceptors (Lipinski definition) is 3. The van der Waals surface area contributed by atoms with Gasteiger partial charge in [-0.2, -0.15) is 0 Å². The first kappa shape index (κ1) is 17.6. The van der Waals surface area contributed by atoms with Crippen molar-refractivity contribution in [3.05, 3.63) is 59.4 Å². The number of nitrogens with zero attached hydrogens (tertiary/aromatic N) is 1. The molecule has 0 aliphatic carbocycles. The Bertz CT molecular complexity index is 895. The Hall–Kier alpha value is -2.25. The molecular weight excluding hydrogens is 343 g/mol. The summed E-state index contributed by atoms with van der Waals surface area (Å²) in [7, 11) is -3.71. The summed E-state index contributed by atoms with van der Waals surface area (Å²) in [6.07, 6.45) is 1.34. The zero-order valence-corrected chi connectivity index (χ0v) is 14.6. The van der Waals surface area contributed by atoms with Crippen LogP contribution in [0.2, 0.25) is 0 Å². The largest absolute Gasteiger partial charge is 0.312 e. The predicted molar refractivity (Wildman–Crippen MR) is 93.2 cm³/mol. The maximum atomic E-state index is 13.5. The van der Waals surface area contributed by atoms with Crippen molar-refractivity contribution in [2.45, 2.75) is 31.2 Å². The summed E-state index contributed by atoms with van der Waals surface area (Å²) in [4.78, 5) is 13.5. The highest BCUT2D eigenvalue weighted by Crippen LogP contribution is 2.23. The number of sulfonamides is 1. The molecule has 0 spiro atoms. The summed E-state index contributed by atoms with van der Waals surface area (Å²) in [5.41, 5.74) is 1.76. The molecule has 25 heavy (non-hydrogen) atoms. The molecule has 2 aromatic rings. The van der Waals surface area contributed by atoms with Gasteiger partial charge >= 0.3 is 0 Å². The molecule has 1 aliphatic heterocycles. The second-order valence-electron chi connectivity index (χ2n) is 6.05. The van der Waals surface area contributed by atoms with Gasteiger partial charge in [0.15, 0.2) is 0 Å². The Morgan fingerprint density at radius 3 is 2.48 bits per heavy atom. The van der Waals surface area contributed by atoms with Crippen molar-refractivity contribution in [2.24, 2.45) is 0 Å². The van der Waals surface area contributed by atoms with E-state index in [-0.39, 0.29) is 23.2 Å². The lowest BCUT2D eigenvalue weighted by Gasteiger charge is -2.16. The van der Waals surface area contributed by atoms with E-state index >= 15 is 0 Å². The van der Waals surface area contributed by atoms with E-state index in [1.54, 1.807) is 36.1 Å². The molecule has 1 aliphatic rings. The third kappa shape index (κ3) is 3.88. The number of carbonyl (C=O) groups excluding carboxylic acids is 1. The average Bonchev–Trinajstić information content (AvgIpc) is 3.02. The molecule has 5 nitrogen and oxygen atoms in total. The Labute approximate surface area is 146 Å². The van der Waals surface area contributed by atoms with Gasteiger partial charge in [0.1, 0.15) is 5.82 Å². The number of rotatable bonds is 5. The number of halogens is 1. The highest BCUT2D eigenvalue weighted by Gasteiger charge is 2.22. The number of anilines is 1. The van der Waals surface area contributed by atoms with Crippen LogP contribution in [0.5, 0.6) is 0 Å². The third-order valence-electron chi connectivity index (χ3n) is 4.23. The van der Waals surface area contributed by atoms with Gasteiger partial charge in [0.2, 0.25) is 15.9 Å². The van der Waals surface area contributed by atoms with Crippen LogP contribution in [-0.4, -0.2) is 20.9 Å². The van der Waals surface area contributed by atoms with E-state index in [9.17, 15) is 17.6 Å². The molecule has 1 fully saturated rings. The molecule has 2 aromatic carbocycles. The first-order valence-electron chi connectivity index (χ1n) is 8.02. The van der Waals surface area contributed by atoms with Gasteiger partial charge in [0, 0.05) is 25.2 Å². The van der Waals surface area contributed by atoms with Crippen LogP contribution in [-0.2, 0) is 21.4 Å². The van der Waals surface area contributed by atoms with E-state index in [2.05, 4.69) is 4.72 Å². The minimum Gasteiger partial charge on any atom is -0.312 e. The molecule has 7 heteroatoms. The van der Waals surface area contributed by atoms with E-state index in [4.69, 9.17) is 0 Å². The summed E-state index contributed by atoms with van der Waals surface area (Å²) in [6, 6.07) is 10.8. The molecule has 1 N–H and O–H groups in total. The molecule has 0 radical (unpaired) electrons. The Morgan fingerprint density at radius 2 is 1.88 bits per heavy atom. The number of nitrogens with one attached hydrogen (secondary N) is 1. The third-order valence-corrected chi connectivity index (χ3v) is 5.65. The fraction of sp³-hybridized carbons (Fsp3) is 0.278. The predicted octanol–water partition coefficient (Wildman–Crippen LogP) is 2.74. The molecule has 0 saturated carbocycles. The SMILES string of the molecule is Cc1ccc(CNS(=O)(=O)c2ccc(N3CCCC3=O)cc2)cc1F. The summed E-state index contributed by atoms with van der Waals surface area (Å²) < 4.78 is 40.7. The summed E-state index contributed by atoms with van der Waals surface area (Å²) >= 11 is 0. The van der Waals surface area contributed by atoms with Crippen molar-refractivity contribution in [3.8, 4) is 0 Å². The van der Waals surface area contributed by atoms with Crippen molar-refractivity contribution in [3.63, 3.8) is 0 Å². The molecule has 0 bridgehead atoms. The zero-order chi connectivity index (χ0) is 18.0. The van der Waals surface area contributed by atoms with Gasteiger partial charge in [0.25, 0.3) is 0 Å². The number of benzene rings is 2. The van der Waals surface area contributed by atoms with Crippen LogP contribution in [0, 0.1) is 12.7 Å². The number of amides is 1. The summed E-state index contributed by atoms with van der Waals surface area (Å²) in [5, 5.41) is 0. The van der Waals surface area contributed by atoms with Gasteiger partial charge in [-0.15, -0.1) is 0 Å². The van der Waals surface area contributed by atoms with E-state index in [0.717, 1.165) is 6.42 Å². The maximum absolute atomic E-state index is 13.5. The molecule has 1 heterocycles. The molecule has 132 valence electrons. The van der Waals surface area contributed by atoms with Gasteiger partial charge < -0.3 is 4.90 Å². The highest BCUT2D eigenvalue weighted by molar-refractivity contribution is 7.89. The van der Waals surface area contributed by atoms with E-state index in [0.29, 0.717) is 29.8 Å². The first-order chi connectivity index (χ1) is 11.9. The Morgan fingerprint density at radius 1 is 1.16 bits per heavy atom. The molecule has 1 amide bonds. The maximum Gasteiger partial charge on any atom is 0.240 e. The van der Waals surface area contributed by atoms with Crippen molar-refractivity contribution >= 4 is 21.6 Å². The van der Waals surface area contributed by atoms with E-state index in [1.165, 1.54) is 18.2 Å². The smallest absolute Gasteiger partial charge is 0.240 e. The van der Waals surface area contributed by atoms with Crippen molar-refractivity contribution in [1.82, 2.24) is 4.72 Å². The molecule has 0 atom stereocenters. The van der Waals surface area contributed by atoms with Crippen LogP contribution in [0.4, 0.5) is 10.1 Å². The second-order valence-corrected chi connectivity index (χ2v) is 7.82. The van der Waals surface area contributed by atoms with Crippen molar-refractivity contribution < 1.29 is 17.6 Å². The fourth-order valence-electron chi connectivity index (χ4n) is 2.73. The Balaban J connectivity index is 1.71. The van der Waals surface area contributed by atoms with Gasteiger partial charge in [-0.3, -0.25) is 4.79 Å². The average molecular weight is 362 g/mol. The molecular formula is C18H19FN2O3S. The monoisotopic (exact) mass is 362 g/mol. The van der Waals surface area contributed by atoms with Gasteiger partial charge in [-0.1, -0.05) is 12.1 Å². The fourth-order valence-corrected chi connectivity index (χ4v) is 3.75. The number of hydrogen-bond donors (Lipinski definition) is 1. The van der Waals surface area contributed by atoms with Crippen LogP contribution in [0.3, 0.4) is 0 Å². The molecule has 3 rings (SSSR count). The van der Waals surface area contributed by atoms with Gasteiger partial charge in [0.05, 0.1) is 4.90 Å². The first-order valence-corrected chi connectivity index (χ1v) is 9.50. The topological polar surface area (TPSA) is 66.5 Å². The lowest BCUT2D eigenvalue weighted by molar-refractivity contribution is -0.117. The van der Waals surface area contributed by atoms with Crippen LogP contribution >= 0.6 is 0 Å². The summed E-state index contributed by atoms with van der Waals surface area (Å²) in [5.74, 6) is -0.313. The minimum absolute atomic E-state index is 0.00585. The number of aryl methyl sites for hydroxylation is 1. The molecule has 1 saturated heterocycles. The Kier molecular flexibility index (Phi) is 4.87. The highest BCUT2D eigenvalue weighted by atomic mass is 32.2. The van der Waals surface area contributed by atoms with Gasteiger partial charge in [-0.05, 0) is 54.8 Å². The quantitative estimate of drug-likeness (QED) is 0.889. The normalized spacial score (nSPS) is 15.0. The van der Waals surface area contributed by atoms with Crippen LogP contribution in [0.25, 0.3) is 0 Å². The van der Waals surface area contributed by atoms with Crippen molar-refractivity contribution in [1.29, 1.82) is 0 Å². The number of carbonyl (C=O) groups is 1. The van der Waals surface area contributed by atoms with E-state index in [1.807, 2.05) is 0 Å². The van der Waals surface area contributed by atoms with Crippen molar-refractivity contribution in [2.75, 3.05) is 11.4 Å². The standard InChI is InChI=1S/C18H19FN2O3S/c1-13-4-5-14(11-17(13)19)12-20-25(23,24)16-8-6-15(7-9-16)21-10-2-3-18(21)22/h4-9,11,20H,2-3,10,12H2,1H3. The lowest BCUT2D eigenvalue weighted by atomic mass is 10.1. The zero-order valence-electron chi connectivity index (χ0n) is 13.8. The molecule has 0 aromatic heterocycles. The van der Waals surface area contributed by atoms with Crippen LogP contribution in [0.15, 0.2) is 47.4 Å². The van der Waals surface area contributed by atoms with Crippen LogP contribution < -0.4 is 9.62 Å². The van der Waals surface area contributed by atoms with Crippen LogP contribution in [0.1, 0.15) is 24.0 Å². The lowest BCUT2D eigenvalue weighted by Crippen LogP contribution is -2.25.